The van der Waals surface area contributed by atoms with E-state index in [4.69, 9.17) is 4.74 Å². The minimum absolute atomic E-state index is 0.00857. The monoisotopic (exact) mass is 197 g/mol. The van der Waals surface area contributed by atoms with Crippen molar-refractivity contribution in [1.82, 2.24) is 5.32 Å². The van der Waals surface area contributed by atoms with Crippen molar-refractivity contribution in [3.05, 3.63) is 0 Å². The topological polar surface area (TPSA) is 38.3 Å². The van der Waals surface area contributed by atoms with Crippen molar-refractivity contribution in [2.24, 2.45) is 17.8 Å². The second-order valence-corrected chi connectivity index (χ2v) is 4.59. The van der Waals surface area contributed by atoms with Crippen LogP contribution in [0.1, 0.15) is 25.7 Å². The Morgan fingerprint density at radius 1 is 1.29 bits per heavy atom. The van der Waals surface area contributed by atoms with Gasteiger partial charge in [0.05, 0.1) is 13.0 Å². The lowest BCUT2D eigenvalue weighted by Crippen LogP contribution is -2.48. The van der Waals surface area contributed by atoms with Crippen molar-refractivity contribution >= 4 is 5.97 Å². The Labute approximate surface area is 85.2 Å². The van der Waals surface area contributed by atoms with Crippen LogP contribution in [0.3, 0.4) is 0 Å². The quantitative estimate of drug-likeness (QED) is 0.676. The Balaban J connectivity index is 2.04. The van der Waals surface area contributed by atoms with Gasteiger partial charge in [-0.1, -0.05) is 0 Å². The van der Waals surface area contributed by atoms with Crippen LogP contribution < -0.4 is 5.32 Å². The molecule has 0 aromatic rings. The van der Waals surface area contributed by atoms with Crippen LogP contribution in [0.5, 0.6) is 0 Å². The second kappa shape index (κ2) is 3.89. The SMILES string of the molecule is CN[C@@H]1C[C@H]2CC[C@@H]1C[C@H]2C(=O)OC. The van der Waals surface area contributed by atoms with E-state index < -0.39 is 0 Å². The van der Waals surface area contributed by atoms with Gasteiger partial charge in [0, 0.05) is 6.04 Å². The summed E-state index contributed by atoms with van der Waals surface area (Å²) in [5.74, 6) is 1.44. The highest BCUT2D eigenvalue weighted by Crippen LogP contribution is 2.45. The molecule has 3 aliphatic carbocycles. The van der Waals surface area contributed by atoms with Gasteiger partial charge in [0.15, 0.2) is 0 Å². The van der Waals surface area contributed by atoms with Crippen LogP contribution in [0.2, 0.25) is 0 Å². The molecular formula is C11H19NO2. The molecule has 0 radical (unpaired) electrons. The number of ether oxygens (including phenoxy) is 1. The van der Waals surface area contributed by atoms with Crippen molar-refractivity contribution in [2.75, 3.05) is 14.2 Å². The van der Waals surface area contributed by atoms with Crippen molar-refractivity contribution in [2.45, 2.75) is 31.7 Å². The first-order chi connectivity index (χ1) is 6.76. The van der Waals surface area contributed by atoms with Gasteiger partial charge in [-0.05, 0) is 44.6 Å². The Morgan fingerprint density at radius 2 is 2.00 bits per heavy atom. The summed E-state index contributed by atoms with van der Waals surface area (Å²) in [4.78, 5) is 11.5. The third kappa shape index (κ3) is 1.54. The molecule has 3 aliphatic rings. The molecule has 14 heavy (non-hydrogen) atoms. The first-order valence-electron chi connectivity index (χ1n) is 5.51. The molecule has 80 valence electrons. The number of carbonyl (C=O) groups excluding carboxylic acids is 1. The highest BCUT2D eigenvalue weighted by atomic mass is 16.5. The molecule has 0 amide bonds. The molecule has 0 aromatic heterocycles. The first-order valence-corrected chi connectivity index (χ1v) is 5.51. The summed E-state index contributed by atoms with van der Waals surface area (Å²) in [5, 5.41) is 3.36. The average molecular weight is 197 g/mol. The lowest BCUT2D eigenvalue weighted by molar-refractivity contribution is -0.151. The van der Waals surface area contributed by atoms with E-state index in [1.54, 1.807) is 0 Å². The van der Waals surface area contributed by atoms with E-state index in [1.165, 1.54) is 20.0 Å². The minimum Gasteiger partial charge on any atom is -0.469 e. The maximum absolute atomic E-state index is 11.5. The predicted molar refractivity (Wildman–Crippen MR) is 53.8 cm³/mol. The normalized spacial score (nSPS) is 41.0. The molecule has 3 nitrogen and oxygen atoms in total. The van der Waals surface area contributed by atoms with Crippen LogP contribution >= 0.6 is 0 Å². The summed E-state index contributed by atoms with van der Waals surface area (Å²) in [7, 11) is 3.53. The van der Waals surface area contributed by atoms with E-state index in [1.807, 2.05) is 7.05 Å². The zero-order valence-electron chi connectivity index (χ0n) is 8.95. The number of esters is 1. The lowest BCUT2D eigenvalue weighted by atomic mass is 9.62. The Morgan fingerprint density at radius 3 is 2.50 bits per heavy atom. The molecule has 0 saturated heterocycles. The van der Waals surface area contributed by atoms with Crippen molar-refractivity contribution in [1.29, 1.82) is 0 Å². The predicted octanol–water partition coefficient (Wildman–Crippen LogP) is 1.18. The molecule has 1 N–H and O–H groups in total. The average Bonchev–Trinajstić information content (AvgIpc) is 2.28. The fraction of sp³-hybridized carbons (Fsp3) is 0.909. The summed E-state index contributed by atoms with van der Waals surface area (Å²) in [6, 6.07) is 0.634. The van der Waals surface area contributed by atoms with E-state index in [0.29, 0.717) is 17.9 Å². The number of hydrogen-bond acceptors (Lipinski definition) is 3. The Hall–Kier alpha value is -0.570. The summed E-state index contributed by atoms with van der Waals surface area (Å²) in [6.45, 7) is 0. The van der Waals surface area contributed by atoms with Gasteiger partial charge < -0.3 is 10.1 Å². The Bertz CT molecular complexity index is 229. The van der Waals surface area contributed by atoms with Crippen molar-refractivity contribution < 1.29 is 9.53 Å². The molecule has 3 saturated carbocycles. The molecule has 0 unspecified atom stereocenters. The molecule has 3 rings (SSSR count). The van der Waals surface area contributed by atoms with Crippen LogP contribution in [0.15, 0.2) is 0 Å². The van der Waals surface area contributed by atoms with Crippen molar-refractivity contribution in [3.63, 3.8) is 0 Å². The van der Waals surface area contributed by atoms with E-state index >= 15 is 0 Å². The molecule has 0 aliphatic heterocycles. The maximum atomic E-state index is 11.5. The summed E-state index contributed by atoms with van der Waals surface area (Å²) in [6.07, 6.45) is 4.68. The van der Waals surface area contributed by atoms with Crippen molar-refractivity contribution in [3.8, 4) is 0 Å². The van der Waals surface area contributed by atoms with Gasteiger partial charge in [-0.2, -0.15) is 0 Å². The van der Waals surface area contributed by atoms with Crippen LogP contribution in [-0.2, 0) is 9.53 Å². The lowest BCUT2D eigenvalue weighted by Gasteiger charge is -2.46. The summed E-state index contributed by atoms with van der Waals surface area (Å²) >= 11 is 0. The molecule has 3 fully saturated rings. The standard InChI is InChI=1S/C11H19NO2/c1-12-10-6-7-3-4-8(10)5-9(7)11(13)14-2/h7-10,12H,3-6H2,1-2H3/t7-,8-,9-,10-/m1/s1. The number of nitrogens with one attached hydrogen (secondary N) is 1. The number of rotatable bonds is 2. The van der Waals surface area contributed by atoms with Gasteiger partial charge in [-0.15, -0.1) is 0 Å². The maximum Gasteiger partial charge on any atom is 0.308 e. The van der Waals surface area contributed by atoms with E-state index in [-0.39, 0.29) is 11.9 Å². The summed E-state index contributed by atoms with van der Waals surface area (Å²) < 4.78 is 4.85. The van der Waals surface area contributed by atoms with Crippen LogP contribution in [0.25, 0.3) is 0 Å². The van der Waals surface area contributed by atoms with Crippen LogP contribution in [0, 0.1) is 17.8 Å². The van der Waals surface area contributed by atoms with Crippen LogP contribution in [-0.4, -0.2) is 26.2 Å². The second-order valence-electron chi connectivity index (χ2n) is 4.59. The number of hydrogen-bond donors (Lipinski definition) is 1. The van der Waals surface area contributed by atoms with E-state index in [0.717, 1.165) is 12.8 Å². The molecular weight excluding hydrogens is 178 g/mol. The van der Waals surface area contributed by atoms with Gasteiger partial charge in [0.25, 0.3) is 0 Å². The van der Waals surface area contributed by atoms with E-state index in [9.17, 15) is 4.79 Å². The number of fused-ring (bicyclic) bond motifs is 3. The fourth-order valence-electron chi connectivity index (χ4n) is 3.23. The fourth-order valence-corrected chi connectivity index (χ4v) is 3.23. The third-order valence-corrected chi connectivity index (χ3v) is 4.03. The minimum atomic E-state index is 0.00857. The zero-order valence-corrected chi connectivity index (χ0v) is 8.95. The molecule has 0 spiro atoms. The van der Waals surface area contributed by atoms with Gasteiger partial charge in [0.2, 0.25) is 0 Å². The highest BCUT2D eigenvalue weighted by molar-refractivity contribution is 5.73. The molecule has 0 heterocycles. The smallest absolute Gasteiger partial charge is 0.308 e. The molecule has 0 aromatic carbocycles. The van der Waals surface area contributed by atoms with Gasteiger partial charge >= 0.3 is 5.97 Å². The zero-order chi connectivity index (χ0) is 10.1. The van der Waals surface area contributed by atoms with Crippen LogP contribution in [0.4, 0.5) is 0 Å². The largest absolute Gasteiger partial charge is 0.469 e. The molecule has 3 heteroatoms. The van der Waals surface area contributed by atoms with Gasteiger partial charge in [-0.25, -0.2) is 0 Å². The summed E-state index contributed by atoms with van der Waals surface area (Å²) in [5.41, 5.74) is 0. The van der Waals surface area contributed by atoms with E-state index in [2.05, 4.69) is 5.32 Å². The van der Waals surface area contributed by atoms with Gasteiger partial charge in [0.1, 0.15) is 0 Å². The van der Waals surface area contributed by atoms with Gasteiger partial charge in [-0.3, -0.25) is 4.79 Å². The highest BCUT2D eigenvalue weighted by Gasteiger charge is 2.44. The third-order valence-electron chi connectivity index (χ3n) is 4.03. The number of methoxy groups -OCH3 is 1. The number of carbonyl (C=O) groups is 1. The molecule has 4 atom stereocenters. The first kappa shape index (κ1) is 9.97. The Kier molecular flexibility index (Phi) is 2.77. The molecule has 2 bridgehead atoms.